The number of rotatable bonds is 57. The SMILES string of the molecule is C.C.C=C(C)C(=O)NC(CCC(=O)O)C(=O)O.C=CC(=O)OCCOC(=O)C=C.CCC(CC(C)(C)C(=O)NC(CCC(=O)O)C(=O)O)C(=O)OCCOC(=O)C(C)CC(C)(CC)C(=O)NC(CCC(=O)O)C(=O)O.CCC(CC(C)(C)C(=O)NC(CCC(=O)O)C(=O)O)C(=O)OCCOC(=O)C(C)CC(C)(CC)C(=O)NC(CCC(=O)[O-])C(=O)[O-].[B].[NH]=[Al].[Na+].[Na+].[Na+].[OH-]. The van der Waals surface area contributed by atoms with E-state index in [1.807, 2.05) is 0 Å². The van der Waals surface area contributed by atoms with Crippen LogP contribution >= 0.6 is 0 Å². The molecular formula is C79H127AlBN6Na3O38. The van der Waals surface area contributed by atoms with Gasteiger partial charge in [0.25, 0.3) is 0 Å². The Kier molecular flexibility index (Phi) is 87.6. The number of ether oxygens (including phenoxy) is 6. The van der Waals surface area contributed by atoms with Gasteiger partial charge in [-0.25, -0.2) is 28.8 Å². The molecule has 0 rings (SSSR count). The summed E-state index contributed by atoms with van der Waals surface area (Å²) in [6.45, 7) is 28.9. The van der Waals surface area contributed by atoms with Crippen LogP contribution in [-0.2, 0) is 129 Å². The van der Waals surface area contributed by atoms with E-state index in [1.54, 1.807) is 50.7 Å². The zero-order valence-electron chi connectivity index (χ0n) is 74.5. The van der Waals surface area contributed by atoms with E-state index in [4.69, 9.17) is 48.8 Å². The molecule has 0 spiro atoms. The van der Waals surface area contributed by atoms with E-state index >= 15 is 0 Å². The molecule has 0 aromatic carbocycles. The van der Waals surface area contributed by atoms with Crippen molar-refractivity contribution in [2.24, 2.45) is 45.3 Å². The van der Waals surface area contributed by atoms with Gasteiger partial charge in [-0.15, -0.1) is 0 Å². The fourth-order valence-electron chi connectivity index (χ4n) is 10.3. The van der Waals surface area contributed by atoms with Gasteiger partial charge in [-0.05, 0) is 96.8 Å². The Hall–Kier alpha value is -8.55. The number of amides is 5. The molecule has 0 aromatic heterocycles. The molecule has 128 heavy (non-hydrogen) atoms. The molecule has 0 aromatic rings. The van der Waals surface area contributed by atoms with E-state index in [0.717, 1.165) is 12.2 Å². The molecule has 0 fully saturated rings. The van der Waals surface area contributed by atoms with Gasteiger partial charge in [-0.1, -0.05) is 118 Å². The number of carboxylic acid groups (broad SMARTS) is 10. The van der Waals surface area contributed by atoms with Gasteiger partial charge in [0.2, 0.25) is 29.5 Å². The molecule has 710 valence electrons. The maximum absolute atomic E-state index is 12.9. The van der Waals surface area contributed by atoms with Gasteiger partial charge in [-0.3, -0.25) is 62.3 Å². The van der Waals surface area contributed by atoms with Crippen molar-refractivity contribution >= 4 is 150 Å². The minimum absolute atomic E-state index is 0. The number of carbonyl (C=O) groups is 21. The van der Waals surface area contributed by atoms with Crippen molar-refractivity contribution in [3.8, 4) is 0 Å². The molecule has 4 radical (unpaired) electrons. The third kappa shape index (κ3) is 65.9. The van der Waals surface area contributed by atoms with E-state index in [2.05, 4.69) is 55.8 Å². The van der Waals surface area contributed by atoms with Crippen LogP contribution in [0.4, 0.5) is 0 Å². The average Bonchev–Trinajstić information content (AvgIpc) is 0.635. The Morgan fingerprint density at radius 3 is 0.852 bits per heavy atom. The molecule has 44 nitrogen and oxygen atoms in total. The summed E-state index contributed by atoms with van der Waals surface area (Å²) in [6.07, 6.45) is -0.798. The first-order valence-corrected chi connectivity index (χ1v) is 38.5. The molecule has 5 amide bonds. The Labute approximate surface area is 821 Å². The zero-order chi connectivity index (χ0) is 95.1. The topological polar surface area (TPSA) is 736 Å². The fourth-order valence-corrected chi connectivity index (χ4v) is 10.3. The maximum atomic E-state index is 12.9. The van der Waals surface area contributed by atoms with Crippen LogP contribution < -0.4 is 125 Å². The standard InChI is InChI=1S/2C30H48N2O14.C9H13NO5.C8H10O4.2CH4.Al.B.HN.3Na.H2O/c2*1-7-18(16-29(4,5)27(43)31-19(23(37)38)9-11-21(33)34)26(42)46-14-13-45-25(41)17(3)15-30(6,8-2)28(44)32-20(24(39)40)10-12-22(35)36;1-5(2)8(13)10-6(9(14)15)3-4-7(11)12;1-3-7(9)11-5-6-12-8(10)4-2;;;;;;;;;/h2*17-20H,7-16H2,1-6H3,(H,31,43)(H,32,44)(H,33,34)(H,35,36)(H,37,38)(H,39,40);6H,1,3-4H2,2H3,(H,10,13)(H,11,12)(H,14,15);3-4H,1-2,5-6H2;2*1H4;;;1H;;;;1H2/q;;;;;;;;;3*+1;/p-3. The number of aliphatic carboxylic acids is 10. The van der Waals surface area contributed by atoms with Gasteiger partial charge in [0.1, 0.15) is 63.8 Å². The van der Waals surface area contributed by atoms with E-state index < -0.39 is 233 Å². The summed E-state index contributed by atoms with van der Waals surface area (Å²) in [7, 11) is 0. The third-order valence-electron chi connectivity index (χ3n) is 18.0. The van der Waals surface area contributed by atoms with Gasteiger partial charge in [0.15, 0.2) is 0 Å². The Balaban J connectivity index is -0.000000154. The molecule has 0 saturated carbocycles. The van der Waals surface area contributed by atoms with Gasteiger partial charge in [-0.2, -0.15) is 0 Å². The summed E-state index contributed by atoms with van der Waals surface area (Å²) in [5.74, 6) is -23.6. The van der Waals surface area contributed by atoms with E-state index in [1.165, 1.54) is 55.4 Å². The van der Waals surface area contributed by atoms with Crippen LogP contribution in [-0.4, -0.2) is 266 Å². The molecule has 0 aliphatic heterocycles. The minimum Gasteiger partial charge on any atom is -0.870 e. The number of carbonyl (C=O) groups excluding carboxylic acids is 13. The monoisotopic (exact) mass is 1870 g/mol. The third-order valence-corrected chi connectivity index (χ3v) is 18.0. The largest absolute Gasteiger partial charge is 1.00 e. The van der Waals surface area contributed by atoms with Crippen molar-refractivity contribution in [2.75, 3.05) is 39.6 Å². The fraction of sp³-hybridized carbons (Fsp3) is 0.658. The second-order valence-corrected chi connectivity index (χ2v) is 29.1. The van der Waals surface area contributed by atoms with Crippen LogP contribution in [0.1, 0.15) is 220 Å². The normalized spacial score (nSPS) is 13.1. The molecule has 0 aliphatic rings. The zero-order valence-corrected chi connectivity index (χ0v) is 81.6. The summed E-state index contributed by atoms with van der Waals surface area (Å²) in [4.78, 5) is 244. The summed E-state index contributed by atoms with van der Waals surface area (Å²) in [5, 5.41) is 105. The quantitative estimate of drug-likeness (QED) is 0.00885. The van der Waals surface area contributed by atoms with E-state index in [9.17, 15) is 126 Å². The Bertz CT molecular complexity index is 3400. The van der Waals surface area contributed by atoms with Crippen molar-refractivity contribution in [1.82, 2.24) is 26.6 Å². The van der Waals surface area contributed by atoms with Crippen LogP contribution in [0.25, 0.3) is 0 Å². The predicted molar refractivity (Wildman–Crippen MR) is 436 cm³/mol. The summed E-state index contributed by atoms with van der Waals surface area (Å²) in [6, 6.07) is -7.00. The van der Waals surface area contributed by atoms with Crippen molar-refractivity contribution in [3.63, 3.8) is 0 Å². The molecular weight excluding hydrogens is 1750 g/mol. The average molecular weight is 1880 g/mol. The Morgan fingerprint density at radius 2 is 0.633 bits per heavy atom. The van der Waals surface area contributed by atoms with Crippen molar-refractivity contribution in [3.05, 3.63) is 37.5 Å². The molecule has 15 N–H and O–H groups in total. The van der Waals surface area contributed by atoms with Gasteiger partial charge in [0.05, 0.1) is 35.7 Å². The number of nitrogens with one attached hydrogen (secondary N) is 6. The molecule has 0 bridgehead atoms. The van der Waals surface area contributed by atoms with E-state index in [-0.39, 0.29) is 246 Å². The summed E-state index contributed by atoms with van der Waals surface area (Å²) < 4.78 is 35.5. The first-order chi connectivity index (χ1) is 55.9. The summed E-state index contributed by atoms with van der Waals surface area (Å²) in [5.41, 5.74) is -4.64. The second-order valence-electron chi connectivity index (χ2n) is 29.1. The number of hydrogen-bond donors (Lipinski definition) is 14. The number of hydrogen-bond acceptors (Lipinski definition) is 31. The molecule has 49 heteroatoms. The van der Waals surface area contributed by atoms with Crippen LogP contribution in [0.5, 0.6) is 0 Å². The van der Waals surface area contributed by atoms with Crippen LogP contribution in [0.15, 0.2) is 37.5 Å². The minimum atomic E-state index is -1.66. The van der Waals surface area contributed by atoms with Gasteiger partial charge in [0, 0.05) is 79.5 Å². The first kappa shape index (κ1) is 145. The Morgan fingerprint density at radius 1 is 0.398 bits per heavy atom. The van der Waals surface area contributed by atoms with Crippen molar-refractivity contribution in [1.29, 1.82) is 4.35 Å². The summed E-state index contributed by atoms with van der Waals surface area (Å²) >= 11 is 1.67. The maximum Gasteiger partial charge on any atom is 1.00 e. The number of carboxylic acids is 10. The molecule has 0 saturated heterocycles. The van der Waals surface area contributed by atoms with Crippen LogP contribution in [0, 0.1) is 49.7 Å². The molecule has 11 unspecified atom stereocenters. The van der Waals surface area contributed by atoms with Crippen molar-refractivity contribution in [2.45, 2.75) is 251 Å². The molecule has 11 atom stereocenters. The second kappa shape index (κ2) is 77.2. The van der Waals surface area contributed by atoms with E-state index in [0.29, 0.717) is 0 Å². The van der Waals surface area contributed by atoms with Crippen LogP contribution in [0.3, 0.4) is 0 Å². The first-order valence-electron chi connectivity index (χ1n) is 37.9. The van der Waals surface area contributed by atoms with Crippen molar-refractivity contribution < 1.29 is 274 Å². The van der Waals surface area contributed by atoms with Crippen LogP contribution in [0.2, 0.25) is 0 Å². The molecule has 0 aliphatic carbocycles. The predicted octanol–water partition coefficient (Wildman–Crippen LogP) is -6.93. The molecule has 0 heterocycles. The van der Waals surface area contributed by atoms with Gasteiger partial charge >= 0.3 is 193 Å². The van der Waals surface area contributed by atoms with Gasteiger partial charge < -0.3 is 121 Å². The smallest absolute Gasteiger partial charge is 0.870 e. The number of esters is 6.